The van der Waals surface area contributed by atoms with Crippen LogP contribution in [0, 0.1) is 0 Å². The molecule has 0 bridgehead atoms. The van der Waals surface area contributed by atoms with Crippen molar-refractivity contribution in [3.05, 3.63) is 71.2 Å². The number of amides is 1. The largest absolute Gasteiger partial charge is 0.490 e. The van der Waals surface area contributed by atoms with E-state index in [0.29, 0.717) is 29.0 Å². The van der Waals surface area contributed by atoms with Gasteiger partial charge in [0.2, 0.25) is 0 Å². The number of para-hydroxylation sites is 1. The summed E-state index contributed by atoms with van der Waals surface area (Å²) >= 11 is 6.42. The number of halogens is 1. The minimum Gasteiger partial charge on any atom is -0.490 e. The Bertz CT molecular complexity index is 1110. The monoisotopic (exact) mass is 439 g/mol. The Kier molecular flexibility index (Phi) is 6.00. The molecule has 0 atom stereocenters. The molecule has 31 heavy (non-hydrogen) atoms. The van der Waals surface area contributed by atoms with E-state index >= 15 is 0 Å². The van der Waals surface area contributed by atoms with E-state index < -0.39 is 17.4 Å². The molecule has 0 aromatic heterocycles. The molecule has 1 fully saturated rings. The number of hydrogen-bond acceptors (Lipinski definition) is 4. The van der Waals surface area contributed by atoms with Crippen molar-refractivity contribution in [2.24, 2.45) is 0 Å². The third-order valence-corrected chi connectivity index (χ3v) is 5.81. The molecule has 0 saturated heterocycles. The molecule has 160 valence electrons. The molecule has 0 heterocycles. The first kappa shape index (κ1) is 21.0. The standard InChI is InChI=1S/C24H22ClNO5/c25-20-15-19(22(27)26-24(23(28)29)11-6-12-24)21(18-10-5-4-9-17(18)20)31-14-13-30-16-7-2-1-3-8-16/h1-5,7-10,15H,6,11-14H2,(H,26,27)(H,28,29). The number of carbonyl (C=O) groups excluding carboxylic acids is 1. The Labute approximate surface area is 184 Å². The summed E-state index contributed by atoms with van der Waals surface area (Å²) in [5.41, 5.74) is -1.03. The van der Waals surface area contributed by atoms with Crippen LogP contribution in [-0.2, 0) is 4.79 Å². The number of carboxylic acid groups (broad SMARTS) is 1. The first-order valence-corrected chi connectivity index (χ1v) is 10.5. The number of fused-ring (bicyclic) bond motifs is 1. The van der Waals surface area contributed by atoms with Crippen molar-refractivity contribution in [3.8, 4) is 11.5 Å². The molecule has 3 aromatic carbocycles. The van der Waals surface area contributed by atoms with E-state index in [0.717, 1.165) is 17.6 Å². The number of carbonyl (C=O) groups is 2. The van der Waals surface area contributed by atoms with Crippen LogP contribution < -0.4 is 14.8 Å². The number of aliphatic carboxylic acids is 1. The van der Waals surface area contributed by atoms with Crippen LogP contribution in [0.25, 0.3) is 10.8 Å². The van der Waals surface area contributed by atoms with Gasteiger partial charge < -0.3 is 19.9 Å². The van der Waals surface area contributed by atoms with Crippen molar-refractivity contribution in [1.82, 2.24) is 5.32 Å². The second-order valence-corrected chi connectivity index (χ2v) is 7.89. The highest BCUT2D eigenvalue weighted by Crippen LogP contribution is 2.37. The summed E-state index contributed by atoms with van der Waals surface area (Å²) in [5, 5.41) is 14.1. The molecule has 1 amide bonds. The van der Waals surface area contributed by atoms with Crippen molar-refractivity contribution >= 4 is 34.2 Å². The first-order chi connectivity index (χ1) is 15.0. The Morgan fingerprint density at radius 3 is 2.26 bits per heavy atom. The Balaban J connectivity index is 1.59. The lowest BCUT2D eigenvalue weighted by molar-refractivity contribution is -0.148. The maximum Gasteiger partial charge on any atom is 0.329 e. The topological polar surface area (TPSA) is 84.9 Å². The van der Waals surface area contributed by atoms with Crippen LogP contribution in [0.3, 0.4) is 0 Å². The van der Waals surface area contributed by atoms with Gasteiger partial charge in [0, 0.05) is 15.8 Å². The molecule has 2 N–H and O–H groups in total. The van der Waals surface area contributed by atoms with E-state index in [-0.39, 0.29) is 18.8 Å². The fourth-order valence-electron chi connectivity index (χ4n) is 3.66. The smallest absolute Gasteiger partial charge is 0.329 e. The van der Waals surface area contributed by atoms with Gasteiger partial charge in [0.1, 0.15) is 30.3 Å². The molecule has 0 radical (unpaired) electrons. The fourth-order valence-corrected chi connectivity index (χ4v) is 3.93. The zero-order valence-electron chi connectivity index (χ0n) is 16.8. The van der Waals surface area contributed by atoms with Crippen LogP contribution in [0.1, 0.15) is 29.6 Å². The minimum atomic E-state index is -1.23. The van der Waals surface area contributed by atoms with Crippen molar-refractivity contribution < 1.29 is 24.2 Å². The van der Waals surface area contributed by atoms with Crippen molar-refractivity contribution in [2.75, 3.05) is 13.2 Å². The lowest BCUT2D eigenvalue weighted by atomic mass is 9.76. The molecule has 6 nitrogen and oxygen atoms in total. The van der Waals surface area contributed by atoms with Crippen molar-refractivity contribution in [3.63, 3.8) is 0 Å². The second-order valence-electron chi connectivity index (χ2n) is 7.49. The third-order valence-electron chi connectivity index (χ3n) is 5.50. The Morgan fingerprint density at radius 2 is 1.61 bits per heavy atom. The number of hydrogen-bond donors (Lipinski definition) is 2. The van der Waals surface area contributed by atoms with Crippen molar-refractivity contribution in [1.29, 1.82) is 0 Å². The SMILES string of the molecule is O=C(NC1(C(=O)O)CCC1)c1cc(Cl)c2ccccc2c1OCCOc1ccccc1. The fraction of sp³-hybridized carbons (Fsp3) is 0.250. The van der Waals surface area contributed by atoms with Gasteiger partial charge >= 0.3 is 5.97 Å². The number of nitrogens with one attached hydrogen (secondary N) is 1. The van der Waals surface area contributed by atoms with E-state index in [1.165, 1.54) is 6.07 Å². The molecule has 0 unspecified atom stereocenters. The van der Waals surface area contributed by atoms with Crippen LogP contribution >= 0.6 is 11.6 Å². The summed E-state index contributed by atoms with van der Waals surface area (Å²) in [6.07, 6.45) is 1.55. The molecular formula is C24H22ClNO5. The maximum absolute atomic E-state index is 13.1. The summed E-state index contributed by atoms with van der Waals surface area (Å²) in [7, 11) is 0. The molecule has 1 aliphatic carbocycles. The minimum absolute atomic E-state index is 0.199. The molecule has 0 aliphatic heterocycles. The third kappa shape index (κ3) is 4.30. The van der Waals surface area contributed by atoms with Crippen LogP contribution in [0.2, 0.25) is 5.02 Å². The summed E-state index contributed by atoms with van der Waals surface area (Å²) in [4.78, 5) is 24.8. The molecule has 0 spiro atoms. The molecule has 1 saturated carbocycles. The second kappa shape index (κ2) is 8.86. The Morgan fingerprint density at radius 1 is 0.968 bits per heavy atom. The number of ether oxygens (including phenoxy) is 2. The van der Waals surface area contributed by atoms with Gasteiger partial charge in [-0.2, -0.15) is 0 Å². The van der Waals surface area contributed by atoms with Gasteiger partial charge in [-0.25, -0.2) is 4.79 Å². The molecule has 1 aliphatic rings. The van der Waals surface area contributed by atoms with Crippen LogP contribution in [-0.4, -0.2) is 35.7 Å². The lowest BCUT2D eigenvalue weighted by Crippen LogP contribution is -2.59. The van der Waals surface area contributed by atoms with E-state index in [9.17, 15) is 14.7 Å². The summed E-state index contributed by atoms with van der Waals surface area (Å²) in [6.45, 7) is 0.478. The predicted molar refractivity (Wildman–Crippen MR) is 118 cm³/mol. The average molecular weight is 440 g/mol. The van der Waals surface area contributed by atoms with Crippen LogP contribution in [0.4, 0.5) is 0 Å². The summed E-state index contributed by atoms with van der Waals surface area (Å²) < 4.78 is 11.7. The summed E-state index contributed by atoms with van der Waals surface area (Å²) in [6, 6.07) is 18.2. The normalized spacial score (nSPS) is 14.5. The van der Waals surface area contributed by atoms with Gasteiger partial charge in [0.15, 0.2) is 0 Å². The highest BCUT2D eigenvalue weighted by atomic mass is 35.5. The molecule has 3 aromatic rings. The van der Waals surface area contributed by atoms with E-state index in [1.54, 1.807) is 0 Å². The highest BCUT2D eigenvalue weighted by molar-refractivity contribution is 6.36. The molecule has 4 rings (SSSR count). The maximum atomic E-state index is 13.1. The van der Waals surface area contributed by atoms with Crippen LogP contribution in [0.15, 0.2) is 60.7 Å². The van der Waals surface area contributed by atoms with Gasteiger partial charge in [0.25, 0.3) is 5.91 Å². The highest BCUT2D eigenvalue weighted by Gasteiger charge is 2.46. The number of benzene rings is 3. The average Bonchev–Trinajstić information content (AvgIpc) is 2.75. The molecular weight excluding hydrogens is 418 g/mol. The van der Waals surface area contributed by atoms with Gasteiger partial charge in [-0.1, -0.05) is 54.1 Å². The quantitative estimate of drug-likeness (QED) is 0.497. The van der Waals surface area contributed by atoms with Crippen molar-refractivity contribution in [2.45, 2.75) is 24.8 Å². The van der Waals surface area contributed by atoms with E-state index in [2.05, 4.69) is 5.32 Å². The number of carboxylic acids is 1. The van der Waals surface area contributed by atoms with E-state index in [1.807, 2.05) is 54.6 Å². The van der Waals surface area contributed by atoms with Gasteiger partial charge in [-0.15, -0.1) is 0 Å². The van der Waals surface area contributed by atoms with Gasteiger partial charge in [-0.05, 0) is 37.5 Å². The predicted octanol–water partition coefficient (Wildman–Crippen LogP) is 4.69. The molecule has 7 heteroatoms. The zero-order chi connectivity index (χ0) is 21.8. The first-order valence-electron chi connectivity index (χ1n) is 10.1. The Hall–Kier alpha value is -3.25. The summed E-state index contributed by atoms with van der Waals surface area (Å²) in [5.74, 6) is -0.473. The van der Waals surface area contributed by atoms with Gasteiger partial charge in [0.05, 0.1) is 5.56 Å². The lowest BCUT2D eigenvalue weighted by Gasteiger charge is -2.38. The van der Waals surface area contributed by atoms with Gasteiger partial charge in [-0.3, -0.25) is 4.79 Å². The van der Waals surface area contributed by atoms with Crippen LogP contribution in [0.5, 0.6) is 11.5 Å². The van der Waals surface area contributed by atoms with E-state index in [4.69, 9.17) is 21.1 Å². The number of rotatable bonds is 8. The zero-order valence-corrected chi connectivity index (χ0v) is 17.5.